The van der Waals surface area contributed by atoms with Gasteiger partial charge >= 0.3 is 18.4 Å². The van der Waals surface area contributed by atoms with Crippen LogP contribution in [0.5, 0.6) is 5.75 Å². The van der Waals surface area contributed by atoms with Crippen molar-refractivity contribution in [3.05, 3.63) is 30.6 Å². The summed E-state index contributed by atoms with van der Waals surface area (Å²) in [6.07, 6.45) is -18.8. The van der Waals surface area contributed by atoms with E-state index in [9.17, 15) is 39.9 Å². The van der Waals surface area contributed by atoms with Crippen molar-refractivity contribution in [1.29, 1.82) is 0 Å². The highest BCUT2D eigenvalue weighted by atomic mass is 19.4. The van der Waals surface area contributed by atoms with E-state index in [1.165, 1.54) is 18.2 Å². The van der Waals surface area contributed by atoms with Crippen LogP contribution in [0.15, 0.2) is 30.6 Å². The van der Waals surface area contributed by atoms with Crippen LogP contribution in [0.2, 0.25) is 0 Å². The molecule has 0 saturated heterocycles. The molecule has 0 fully saturated rings. The zero-order valence-corrected chi connectivity index (χ0v) is 12.4. The second kappa shape index (κ2) is 7.00. The number of ether oxygens (including phenoxy) is 2. The zero-order valence-electron chi connectivity index (χ0n) is 12.4. The average molecular weight is 391 g/mol. The summed E-state index contributed by atoms with van der Waals surface area (Å²) in [6, 6.07) is 3.71. The van der Waals surface area contributed by atoms with Crippen LogP contribution in [0, 0.1) is 0 Å². The van der Waals surface area contributed by atoms with Gasteiger partial charge in [-0.1, -0.05) is 0 Å². The van der Waals surface area contributed by atoms with E-state index in [-0.39, 0.29) is 16.5 Å². The first-order valence-electron chi connectivity index (χ1n) is 6.75. The van der Waals surface area contributed by atoms with E-state index in [1.807, 2.05) is 0 Å². The molecule has 12 heteroatoms. The Kier molecular flexibility index (Phi) is 5.33. The lowest BCUT2D eigenvalue weighted by Gasteiger charge is -2.22. The van der Waals surface area contributed by atoms with Gasteiger partial charge < -0.3 is 9.47 Å². The van der Waals surface area contributed by atoms with E-state index in [0.29, 0.717) is 4.57 Å². The molecule has 0 N–H and O–H groups in total. The summed E-state index contributed by atoms with van der Waals surface area (Å²) in [5.41, 5.74) is 0. The van der Waals surface area contributed by atoms with Crippen molar-refractivity contribution in [3.63, 3.8) is 0 Å². The lowest BCUT2D eigenvalue weighted by molar-refractivity contribution is -0.306. The number of alkyl halides is 8. The molecule has 2 rings (SSSR count). The summed E-state index contributed by atoms with van der Waals surface area (Å²) in [7, 11) is 0. The van der Waals surface area contributed by atoms with Crippen LogP contribution in [0.3, 0.4) is 0 Å². The second-order valence-electron chi connectivity index (χ2n) is 5.01. The lowest BCUT2D eigenvalue weighted by atomic mass is 10.2. The third-order valence-corrected chi connectivity index (χ3v) is 3.01. The number of halogens is 8. The summed E-state index contributed by atoms with van der Waals surface area (Å²) in [5.74, 6) is -0.0209. The van der Waals surface area contributed by atoms with Crippen LogP contribution >= 0.6 is 0 Å². The average Bonchev–Trinajstić information content (AvgIpc) is 2.91. The smallest absolute Gasteiger partial charge is 0.434 e. The van der Waals surface area contributed by atoms with Gasteiger partial charge in [0, 0.05) is 23.2 Å². The predicted molar refractivity (Wildman–Crippen MR) is 71.2 cm³/mol. The third kappa shape index (κ3) is 4.76. The molecule has 0 amide bonds. The minimum Gasteiger partial charge on any atom is -0.488 e. The van der Waals surface area contributed by atoms with Crippen LogP contribution in [0.4, 0.5) is 39.9 Å². The molecule has 0 aliphatic rings. The van der Waals surface area contributed by atoms with E-state index in [4.69, 9.17) is 4.74 Å². The highest BCUT2D eigenvalue weighted by Gasteiger charge is 2.60. The highest BCUT2D eigenvalue weighted by molar-refractivity contribution is 5.88. The van der Waals surface area contributed by atoms with Crippen molar-refractivity contribution in [2.45, 2.75) is 24.9 Å². The van der Waals surface area contributed by atoms with Gasteiger partial charge in [-0.25, -0.2) is 13.6 Å². The first kappa shape index (κ1) is 19.8. The van der Waals surface area contributed by atoms with Gasteiger partial charge in [0.1, 0.15) is 12.4 Å². The van der Waals surface area contributed by atoms with E-state index >= 15 is 0 Å². The first-order chi connectivity index (χ1) is 11.9. The van der Waals surface area contributed by atoms with Gasteiger partial charge in [0.05, 0.1) is 0 Å². The Balaban J connectivity index is 2.22. The fourth-order valence-electron chi connectivity index (χ4n) is 1.95. The van der Waals surface area contributed by atoms with E-state index in [1.54, 1.807) is 0 Å². The summed E-state index contributed by atoms with van der Waals surface area (Å²) in [6.45, 7) is -0.910. The number of nitrogens with zero attached hydrogens (tertiary/aromatic N) is 1. The molecule has 0 unspecified atom stereocenters. The molecule has 2 aromatic rings. The van der Waals surface area contributed by atoms with Gasteiger partial charge in [0.25, 0.3) is 12.5 Å². The van der Waals surface area contributed by atoms with Crippen LogP contribution in [0.1, 0.15) is 0 Å². The normalized spacial score (nSPS) is 12.8. The van der Waals surface area contributed by atoms with Crippen LogP contribution in [0.25, 0.3) is 10.8 Å². The van der Waals surface area contributed by atoms with E-state index in [2.05, 4.69) is 4.74 Å². The number of fused-ring (bicyclic) bond motifs is 1. The molecule has 26 heavy (non-hydrogen) atoms. The quantitative estimate of drug-likeness (QED) is 0.706. The second-order valence-corrected chi connectivity index (χ2v) is 5.01. The molecule has 0 radical (unpaired) electrons. The Hall–Kier alpha value is -2.53. The molecule has 1 aromatic heterocycles. The fraction of sp³-hybridized carbons (Fsp3) is 0.357. The topological polar surface area (TPSA) is 40.5 Å². The third-order valence-electron chi connectivity index (χ3n) is 3.01. The fourth-order valence-corrected chi connectivity index (χ4v) is 1.95. The number of hydrogen-bond donors (Lipinski definition) is 0. The van der Waals surface area contributed by atoms with Gasteiger partial charge in [-0.05, 0) is 18.2 Å². The SMILES string of the molecule is O=C(OC(C(F)(F)F)C(F)(F)F)n1cc2ccc(OCC(F)F)cc2c1. The molecule has 0 bridgehead atoms. The Morgan fingerprint density at radius 1 is 1.00 bits per heavy atom. The maximum atomic E-state index is 12.4. The van der Waals surface area contributed by atoms with Crippen molar-refractivity contribution in [2.24, 2.45) is 0 Å². The van der Waals surface area contributed by atoms with Gasteiger partial charge in [0.15, 0.2) is 0 Å². The largest absolute Gasteiger partial charge is 0.488 e. The molecule has 144 valence electrons. The molecule has 0 spiro atoms. The monoisotopic (exact) mass is 391 g/mol. The zero-order chi connectivity index (χ0) is 19.7. The van der Waals surface area contributed by atoms with Crippen LogP contribution in [-0.2, 0) is 4.74 Å². The van der Waals surface area contributed by atoms with E-state index in [0.717, 1.165) is 12.4 Å². The number of benzene rings is 1. The lowest BCUT2D eigenvalue weighted by Crippen LogP contribution is -2.46. The van der Waals surface area contributed by atoms with Crippen molar-refractivity contribution >= 4 is 16.9 Å². The predicted octanol–water partition coefficient (Wildman–Crippen LogP) is 4.76. The molecule has 1 aromatic carbocycles. The van der Waals surface area contributed by atoms with Gasteiger partial charge in [-0.3, -0.25) is 4.57 Å². The summed E-state index contributed by atoms with van der Waals surface area (Å²) >= 11 is 0. The van der Waals surface area contributed by atoms with Crippen molar-refractivity contribution in [3.8, 4) is 5.75 Å². The van der Waals surface area contributed by atoms with Crippen LogP contribution < -0.4 is 4.74 Å². The Morgan fingerprint density at radius 3 is 2.12 bits per heavy atom. The minimum absolute atomic E-state index is 0.0209. The van der Waals surface area contributed by atoms with E-state index < -0.39 is 37.6 Å². The summed E-state index contributed by atoms with van der Waals surface area (Å²) in [4.78, 5) is 11.6. The molecule has 4 nitrogen and oxygen atoms in total. The molecular formula is C14H9F8NO3. The molecule has 0 saturated carbocycles. The van der Waals surface area contributed by atoms with Gasteiger partial charge in [-0.2, -0.15) is 26.3 Å². The molecular weight excluding hydrogens is 382 g/mol. The summed E-state index contributed by atoms with van der Waals surface area (Å²) < 4.78 is 107. The maximum absolute atomic E-state index is 12.4. The Bertz CT molecular complexity index is 767. The number of carbonyl (C=O) groups excluding carboxylic acids is 1. The first-order valence-corrected chi connectivity index (χ1v) is 6.75. The maximum Gasteiger partial charge on any atom is 0.434 e. The minimum atomic E-state index is -5.84. The Morgan fingerprint density at radius 2 is 1.58 bits per heavy atom. The summed E-state index contributed by atoms with van der Waals surface area (Å²) in [5, 5.41) is 0.395. The number of hydrogen-bond acceptors (Lipinski definition) is 3. The molecule has 0 aliphatic heterocycles. The number of rotatable bonds is 4. The molecule has 1 heterocycles. The Labute approximate surface area is 139 Å². The standard InChI is InChI=1S/C14H9F8NO3/c15-10(16)6-25-9-2-1-7-4-23(5-8(7)3-9)12(24)26-11(13(17,18)19)14(20,21)22/h1-5,10-11H,6H2. The van der Waals surface area contributed by atoms with Crippen molar-refractivity contribution in [1.82, 2.24) is 4.57 Å². The van der Waals surface area contributed by atoms with Crippen molar-refractivity contribution < 1.29 is 49.4 Å². The molecule has 0 atom stereocenters. The van der Waals surface area contributed by atoms with Gasteiger partial charge in [-0.15, -0.1) is 0 Å². The van der Waals surface area contributed by atoms with Gasteiger partial charge in [0.2, 0.25) is 0 Å². The number of aromatic nitrogens is 1. The highest BCUT2D eigenvalue weighted by Crippen LogP contribution is 2.36. The van der Waals surface area contributed by atoms with Crippen LogP contribution in [-0.4, -0.2) is 42.1 Å². The number of carbonyl (C=O) groups is 1. The molecule has 0 aliphatic carbocycles. The van der Waals surface area contributed by atoms with Crippen molar-refractivity contribution in [2.75, 3.05) is 6.61 Å².